The van der Waals surface area contributed by atoms with Gasteiger partial charge >= 0.3 is 0 Å². The van der Waals surface area contributed by atoms with Gasteiger partial charge in [0.25, 0.3) is 0 Å². The minimum atomic E-state index is -0.0539. The Bertz CT molecular complexity index is 4260. The summed E-state index contributed by atoms with van der Waals surface area (Å²) in [5.41, 5.74) is 19.9. The summed E-state index contributed by atoms with van der Waals surface area (Å²) >= 11 is 0. The molecule has 3 heterocycles. The monoisotopic (exact) mass is 908 g/mol. The molecule has 0 radical (unpaired) electrons. The first kappa shape index (κ1) is 40.8. The molecule has 0 unspecified atom stereocenters. The van der Waals surface area contributed by atoms with Crippen LogP contribution in [0.1, 0.15) is 25.0 Å². The first-order valence-electron chi connectivity index (χ1n) is 24.2. The molecule has 0 saturated carbocycles. The third-order valence-corrected chi connectivity index (χ3v) is 14.6. The van der Waals surface area contributed by atoms with Gasteiger partial charge in [-0.2, -0.15) is 0 Å². The summed E-state index contributed by atoms with van der Waals surface area (Å²) in [5, 5.41) is 4.50. The van der Waals surface area contributed by atoms with Crippen LogP contribution in [0.5, 0.6) is 0 Å². The molecule has 0 spiro atoms. The van der Waals surface area contributed by atoms with E-state index in [4.69, 9.17) is 19.4 Å². The molecule has 0 aliphatic heterocycles. The fourth-order valence-corrected chi connectivity index (χ4v) is 11.1. The van der Waals surface area contributed by atoms with Gasteiger partial charge in [0.1, 0.15) is 11.2 Å². The lowest BCUT2D eigenvalue weighted by Crippen LogP contribution is -2.14. The van der Waals surface area contributed by atoms with Crippen LogP contribution < -0.4 is 0 Å². The van der Waals surface area contributed by atoms with Crippen LogP contribution in [0.15, 0.2) is 235 Å². The predicted octanol–water partition coefficient (Wildman–Crippen LogP) is 17.2. The first-order valence-corrected chi connectivity index (χ1v) is 24.2. The van der Waals surface area contributed by atoms with Crippen molar-refractivity contribution in [1.29, 1.82) is 0 Å². The minimum absolute atomic E-state index is 0.0539. The van der Waals surface area contributed by atoms with Gasteiger partial charge < -0.3 is 8.98 Å². The van der Waals surface area contributed by atoms with Crippen LogP contribution in [0.3, 0.4) is 0 Å². The van der Waals surface area contributed by atoms with Gasteiger partial charge in [-0.3, -0.25) is 0 Å². The molecule has 0 bridgehead atoms. The number of nitrogens with zero attached hydrogens (tertiary/aromatic N) is 4. The molecule has 5 heteroatoms. The van der Waals surface area contributed by atoms with E-state index in [1.165, 1.54) is 55.3 Å². The van der Waals surface area contributed by atoms with E-state index in [9.17, 15) is 0 Å². The van der Waals surface area contributed by atoms with Gasteiger partial charge in [0, 0.05) is 54.9 Å². The van der Waals surface area contributed by atoms with Crippen molar-refractivity contribution in [1.82, 2.24) is 19.5 Å². The smallest absolute Gasteiger partial charge is 0.164 e. The Kier molecular flexibility index (Phi) is 9.17. The second-order valence-electron chi connectivity index (χ2n) is 19.2. The Hall–Kier alpha value is -9.19. The summed E-state index contributed by atoms with van der Waals surface area (Å²) < 4.78 is 8.76. The van der Waals surface area contributed by atoms with E-state index in [-0.39, 0.29) is 5.41 Å². The molecule has 13 aromatic rings. The molecule has 334 valence electrons. The molecule has 0 N–H and O–H groups in total. The zero-order valence-corrected chi connectivity index (χ0v) is 39.1. The molecule has 0 atom stereocenters. The second-order valence-corrected chi connectivity index (χ2v) is 19.2. The number of hydrogen-bond acceptors (Lipinski definition) is 4. The summed E-state index contributed by atoms with van der Waals surface area (Å²) in [7, 11) is 0. The molecule has 0 saturated heterocycles. The highest BCUT2D eigenvalue weighted by Gasteiger charge is 2.35. The van der Waals surface area contributed by atoms with Gasteiger partial charge in [-0.15, -0.1) is 0 Å². The van der Waals surface area contributed by atoms with Crippen molar-refractivity contribution in [3.8, 4) is 84.4 Å². The maximum Gasteiger partial charge on any atom is 0.164 e. The van der Waals surface area contributed by atoms with E-state index in [0.717, 1.165) is 66.5 Å². The molecule has 5 nitrogen and oxygen atoms in total. The largest absolute Gasteiger partial charge is 0.456 e. The van der Waals surface area contributed by atoms with E-state index < -0.39 is 0 Å². The Morgan fingerprint density at radius 1 is 0.338 bits per heavy atom. The highest BCUT2D eigenvalue weighted by atomic mass is 16.3. The summed E-state index contributed by atoms with van der Waals surface area (Å²) in [6.45, 7) is 4.68. The van der Waals surface area contributed by atoms with Crippen LogP contribution in [-0.4, -0.2) is 19.5 Å². The van der Waals surface area contributed by atoms with Crippen LogP contribution in [0.4, 0.5) is 0 Å². The van der Waals surface area contributed by atoms with Gasteiger partial charge in [-0.05, 0) is 111 Å². The van der Waals surface area contributed by atoms with Crippen LogP contribution in [0.2, 0.25) is 0 Å². The molecule has 0 fully saturated rings. The van der Waals surface area contributed by atoms with Gasteiger partial charge in [-0.25, -0.2) is 15.0 Å². The number of furan rings is 1. The van der Waals surface area contributed by atoms with Gasteiger partial charge in [0.15, 0.2) is 17.5 Å². The second kappa shape index (κ2) is 15.9. The summed E-state index contributed by atoms with van der Waals surface area (Å²) in [4.78, 5) is 15.5. The molecule has 0 amide bonds. The van der Waals surface area contributed by atoms with Crippen LogP contribution >= 0.6 is 0 Å². The lowest BCUT2D eigenvalue weighted by atomic mass is 9.82. The minimum Gasteiger partial charge on any atom is -0.456 e. The van der Waals surface area contributed by atoms with Crippen molar-refractivity contribution in [3.05, 3.63) is 242 Å². The van der Waals surface area contributed by atoms with Crippen molar-refractivity contribution in [2.75, 3.05) is 0 Å². The number of rotatable bonds is 7. The fourth-order valence-electron chi connectivity index (χ4n) is 11.1. The maximum atomic E-state index is 6.33. The van der Waals surface area contributed by atoms with E-state index >= 15 is 0 Å². The lowest BCUT2D eigenvalue weighted by Gasteiger charge is -2.21. The standard InChI is InChI=1S/C66H44N4O/c1-66(2)57-28-12-9-25-50(57)55-37-44(32-34-58(55)66)43-21-15-22-45(35-43)54-38-48(41-17-5-3-6-18-41)39-56-51-26-10-13-29-59(51)70(62(54)56)49-24-16-23-46(36-49)64-67-63(42-19-7-4-8-20-42)68-65(69-64)47-31-33-53-52-27-11-14-30-60(52)71-61(53)40-47/h3-40H,1-2H3. The van der Waals surface area contributed by atoms with Crippen LogP contribution in [0.25, 0.3) is 128 Å². The van der Waals surface area contributed by atoms with E-state index in [1.807, 2.05) is 54.6 Å². The Balaban J connectivity index is 0.956. The fraction of sp³-hybridized carbons (Fsp3) is 0.0455. The average Bonchev–Trinajstić information content (AvgIpc) is 4.06. The summed E-state index contributed by atoms with van der Waals surface area (Å²) in [6, 6.07) is 82.4. The zero-order chi connectivity index (χ0) is 47.2. The molecular weight excluding hydrogens is 865 g/mol. The SMILES string of the molecule is CC1(C)c2ccccc2-c2cc(-c3cccc(-c4cc(-c5ccccc5)cc5c6ccccc6n(-c6cccc(-c7nc(-c8ccccc8)nc(-c8ccc9c(c8)oc8ccccc89)n7)c6)c45)c3)ccc21. The van der Waals surface area contributed by atoms with E-state index in [1.54, 1.807) is 0 Å². The number of hydrogen-bond donors (Lipinski definition) is 0. The molecule has 71 heavy (non-hydrogen) atoms. The lowest BCUT2D eigenvalue weighted by molar-refractivity contribution is 0.660. The zero-order valence-electron chi connectivity index (χ0n) is 39.1. The number of aromatic nitrogens is 4. The summed E-state index contributed by atoms with van der Waals surface area (Å²) in [6.07, 6.45) is 0. The third-order valence-electron chi connectivity index (χ3n) is 14.6. The molecule has 3 aromatic heterocycles. The highest BCUT2D eigenvalue weighted by Crippen LogP contribution is 2.50. The topological polar surface area (TPSA) is 56.7 Å². The summed E-state index contributed by atoms with van der Waals surface area (Å²) in [5.74, 6) is 1.76. The number of benzene rings is 10. The van der Waals surface area contributed by atoms with Crippen molar-refractivity contribution >= 4 is 43.7 Å². The predicted molar refractivity (Wildman–Crippen MR) is 292 cm³/mol. The molecular formula is C66H44N4O. The van der Waals surface area contributed by atoms with Gasteiger partial charge in [0.05, 0.1) is 11.0 Å². The van der Waals surface area contributed by atoms with Crippen molar-refractivity contribution < 1.29 is 4.42 Å². The van der Waals surface area contributed by atoms with Crippen molar-refractivity contribution in [2.45, 2.75) is 19.3 Å². The number of para-hydroxylation sites is 2. The van der Waals surface area contributed by atoms with Crippen molar-refractivity contribution in [3.63, 3.8) is 0 Å². The Labute approximate surface area is 411 Å². The molecule has 1 aliphatic carbocycles. The highest BCUT2D eigenvalue weighted by molar-refractivity contribution is 6.15. The average molecular weight is 909 g/mol. The number of fused-ring (bicyclic) bond motifs is 9. The van der Waals surface area contributed by atoms with Crippen LogP contribution in [0, 0.1) is 0 Å². The van der Waals surface area contributed by atoms with Crippen LogP contribution in [-0.2, 0) is 5.41 Å². The Morgan fingerprint density at radius 2 is 0.915 bits per heavy atom. The van der Waals surface area contributed by atoms with E-state index in [2.05, 4.69) is 194 Å². The first-order chi connectivity index (χ1) is 34.9. The normalized spacial score (nSPS) is 12.8. The quantitative estimate of drug-likeness (QED) is 0.160. The third kappa shape index (κ3) is 6.65. The molecule has 10 aromatic carbocycles. The molecule has 14 rings (SSSR count). The van der Waals surface area contributed by atoms with E-state index in [0.29, 0.717) is 17.5 Å². The molecule has 1 aliphatic rings. The van der Waals surface area contributed by atoms with Gasteiger partial charge in [0.2, 0.25) is 0 Å². The maximum absolute atomic E-state index is 6.33. The Morgan fingerprint density at radius 3 is 1.75 bits per heavy atom. The van der Waals surface area contributed by atoms with Crippen molar-refractivity contribution in [2.24, 2.45) is 0 Å². The van der Waals surface area contributed by atoms with Gasteiger partial charge in [-0.1, -0.05) is 184 Å².